The average Bonchev–Trinajstić information content (AvgIpc) is 3.02. The second-order valence-corrected chi connectivity index (χ2v) is 5.49. The van der Waals surface area contributed by atoms with E-state index in [1.54, 1.807) is 0 Å². The van der Waals surface area contributed by atoms with Gasteiger partial charge < -0.3 is 5.32 Å². The van der Waals surface area contributed by atoms with E-state index in [1.807, 2.05) is 29.6 Å². The lowest BCUT2D eigenvalue weighted by Crippen LogP contribution is -2.33. The molecule has 1 fully saturated rings. The number of pyridine rings is 1. The van der Waals surface area contributed by atoms with Gasteiger partial charge in [-0.1, -0.05) is 6.07 Å². The summed E-state index contributed by atoms with van der Waals surface area (Å²) >= 11 is 0. The van der Waals surface area contributed by atoms with E-state index < -0.39 is 0 Å². The highest BCUT2D eigenvalue weighted by Gasteiger charge is 2.38. The van der Waals surface area contributed by atoms with Crippen molar-refractivity contribution < 1.29 is 0 Å². The maximum atomic E-state index is 4.51. The minimum Gasteiger partial charge on any atom is -0.348 e. The molecule has 2 aromatic rings. The first-order valence-electron chi connectivity index (χ1n) is 6.17. The zero-order valence-corrected chi connectivity index (χ0v) is 10.6. The molecule has 4 nitrogen and oxygen atoms in total. The van der Waals surface area contributed by atoms with Crippen LogP contribution in [-0.2, 0) is 0 Å². The highest BCUT2D eigenvalue weighted by molar-refractivity contribution is 5.45. The van der Waals surface area contributed by atoms with E-state index >= 15 is 0 Å². The molecule has 0 aromatic carbocycles. The third kappa shape index (κ3) is 1.88. The van der Waals surface area contributed by atoms with Crippen molar-refractivity contribution in [2.24, 2.45) is 5.92 Å². The van der Waals surface area contributed by atoms with Gasteiger partial charge in [0.05, 0.1) is 0 Å². The molecule has 0 amide bonds. The molecule has 0 radical (unpaired) electrons. The standard InChI is InChI=1S/C13H18N4/c1-9-5-4-6-11-14-12(16-17(9)11)15-13(2,3)10-7-8-10/h4-6,10H,7-8H2,1-3H3,(H,15,16). The molecule has 0 bridgehead atoms. The molecule has 3 rings (SSSR count). The van der Waals surface area contributed by atoms with Crippen molar-refractivity contribution in [3.63, 3.8) is 0 Å². The number of hydrogen-bond acceptors (Lipinski definition) is 3. The van der Waals surface area contributed by atoms with Gasteiger partial charge in [0.25, 0.3) is 0 Å². The van der Waals surface area contributed by atoms with Gasteiger partial charge in [0.2, 0.25) is 5.95 Å². The maximum Gasteiger partial charge on any atom is 0.243 e. The maximum absolute atomic E-state index is 4.51. The molecule has 0 atom stereocenters. The monoisotopic (exact) mass is 230 g/mol. The highest BCUT2D eigenvalue weighted by Crippen LogP contribution is 2.40. The summed E-state index contributed by atoms with van der Waals surface area (Å²) in [6, 6.07) is 6.03. The Labute approximate surface area is 101 Å². The van der Waals surface area contributed by atoms with Crippen LogP contribution in [0.5, 0.6) is 0 Å². The molecule has 0 spiro atoms. The number of aromatic nitrogens is 3. The zero-order valence-electron chi connectivity index (χ0n) is 10.6. The lowest BCUT2D eigenvalue weighted by Gasteiger charge is -2.24. The van der Waals surface area contributed by atoms with Crippen molar-refractivity contribution in [2.75, 3.05) is 5.32 Å². The molecule has 0 unspecified atom stereocenters. The Bertz CT molecular complexity index is 552. The van der Waals surface area contributed by atoms with Gasteiger partial charge in [0.15, 0.2) is 5.65 Å². The Kier molecular flexibility index (Phi) is 2.15. The predicted octanol–water partition coefficient (Wildman–Crippen LogP) is 2.64. The second kappa shape index (κ2) is 3.45. The molecule has 2 heterocycles. The number of aryl methyl sites for hydroxylation is 1. The summed E-state index contributed by atoms with van der Waals surface area (Å²) in [6.45, 7) is 6.49. The van der Waals surface area contributed by atoms with Crippen LogP contribution in [0.2, 0.25) is 0 Å². The van der Waals surface area contributed by atoms with Crippen molar-refractivity contribution >= 4 is 11.6 Å². The summed E-state index contributed by atoms with van der Waals surface area (Å²) in [5, 5.41) is 7.96. The van der Waals surface area contributed by atoms with E-state index in [2.05, 4.69) is 29.2 Å². The van der Waals surface area contributed by atoms with Crippen LogP contribution in [0.1, 0.15) is 32.4 Å². The Morgan fingerprint density at radius 2 is 2.12 bits per heavy atom. The number of nitrogens with zero attached hydrogens (tertiary/aromatic N) is 3. The molecule has 0 saturated heterocycles. The topological polar surface area (TPSA) is 42.2 Å². The quantitative estimate of drug-likeness (QED) is 0.881. The van der Waals surface area contributed by atoms with Crippen LogP contribution in [0.15, 0.2) is 18.2 Å². The average molecular weight is 230 g/mol. The number of fused-ring (bicyclic) bond motifs is 1. The van der Waals surface area contributed by atoms with E-state index in [1.165, 1.54) is 12.8 Å². The minimum atomic E-state index is 0.0961. The summed E-state index contributed by atoms with van der Waals surface area (Å²) in [5.74, 6) is 1.49. The van der Waals surface area contributed by atoms with Crippen molar-refractivity contribution in [3.05, 3.63) is 23.9 Å². The first kappa shape index (κ1) is 10.6. The SMILES string of the molecule is Cc1cccc2nc(NC(C)(C)C3CC3)nn12. The van der Waals surface area contributed by atoms with Crippen molar-refractivity contribution in [3.8, 4) is 0 Å². The Morgan fingerprint density at radius 3 is 2.76 bits per heavy atom. The van der Waals surface area contributed by atoms with Crippen LogP contribution in [-0.4, -0.2) is 20.1 Å². The first-order valence-corrected chi connectivity index (χ1v) is 6.17. The van der Waals surface area contributed by atoms with Crippen LogP contribution in [0.25, 0.3) is 5.65 Å². The van der Waals surface area contributed by atoms with Crippen molar-refractivity contribution in [2.45, 2.75) is 39.2 Å². The molecule has 0 aliphatic heterocycles. The van der Waals surface area contributed by atoms with Gasteiger partial charge in [-0.05, 0) is 51.7 Å². The van der Waals surface area contributed by atoms with Gasteiger partial charge in [-0.15, -0.1) is 5.10 Å². The summed E-state index contributed by atoms with van der Waals surface area (Å²) < 4.78 is 1.88. The number of anilines is 1. The molecule has 90 valence electrons. The number of hydrogen-bond donors (Lipinski definition) is 1. The molecule has 1 aliphatic rings. The molecule has 1 N–H and O–H groups in total. The van der Waals surface area contributed by atoms with E-state index in [-0.39, 0.29) is 5.54 Å². The minimum absolute atomic E-state index is 0.0961. The lowest BCUT2D eigenvalue weighted by atomic mass is 9.99. The number of rotatable bonds is 3. The van der Waals surface area contributed by atoms with Gasteiger partial charge in [-0.3, -0.25) is 0 Å². The largest absolute Gasteiger partial charge is 0.348 e. The third-order valence-electron chi connectivity index (χ3n) is 3.58. The predicted molar refractivity (Wildman–Crippen MR) is 68.1 cm³/mol. The summed E-state index contributed by atoms with van der Waals surface area (Å²) in [6.07, 6.45) is 2.62. The third-order valence-corrected chi connectivity index (χ3v) is 3.58. The second-order valence-electron chi connectivity index (χ2n) is 5.49. The van der Waals surface area contributed by atoms with Gasteiger partial charge in [0.1, 0.15) is 0 Å². The Balaban J connectivity index is 1.93. The highest BCUT2D eigenvalue weighted by atomic mass is 15.4. The van der Waals surface area contributed by atoms with Crippen LogP contribution in [0.4, 0.5) is 5.95 Å². The Hall–Kier alpha value is -1.58. The molecule has 4 heteroatoms. The molecular weight excluding hydrogens is 212 g/mol. The van der Waals surface area contributed by atoms with Gasteiger partial charge in [0, 0.05) is 11.2 Å². The molecule has 17 heavy (non-hydrogen) atoms. The number of nitrogens with one attached hydrogen (secondary N) is 1. The van der Waals surface area contributed by atoms with Crippen molar-refractivity contribution in [1.82, 2.24) is 14.6 Å². The van der Waals surface area contributed by atoms with E-state index in [0.29, 0.717) is 0 Å². The van der Waals surface area contributed by atoms with E-state index in [0.717, 1.165) is 23.2 Å². The van der Waals surface area contributed by atoms with Crippen LogP contribution < -0.4 is 5.32 Å². The zero-order chi connectivity index (χ0) is 12.0. The lowest BCUT2D eigenvalue weighted by molar-refractivity contribution is 0.490. The molecule has 1 saturated carbocycles. The van der Waals surface area contributed by atoms with Crippen LogP contribution in [0.3, 0.4) is 0 Å². The molecular formula is C13H18N4. The van der Waals surface area contributed by atoms with Gasteiger partial charge in [-0.25, -0.2) is 4.52 Å². The molecule has 2 aromatic heterocycles. The van der Waals surface area contributed by atoms with Gasteiger partial charge >= 0.3 is 0 Å². The van der Waals surface area contributed by atoms with Crippen LogP contribution >= 0.6 is 0 Å². The van der Waals surface area contributed by atoms with E-state index in [4.69, 9.17) is 0 Å². The Morgan fingerprint density at radius 1 is 1.35 bits per heavy atom. The fraction of sp³-hybridized carbons (Fsp3) is 0.538. The summed E-state index contributed by atoms with van der Waals surface area (Å²) in [7, 11) is 0. The van der Waals surface area contributed by atoms with Crippen LogP contribution in [0, 0.1) is 12.8 Å². The fourth-order valence-electron chi connectivity index (χ4n) is 2.28. The van der Waals surface area contributed by atoms with E-state index in [9.17, 15) is 0 Å². The smallest absolute Gasteiger partial charge is 0.243 e. The fourth-order valence-corrected chi connectivity index (χ4v) is 2.28. The van der Waals surface area contributed by atoms with Gasteiger partial charge in [-0.2, -0.15) is 4.98 Å². The summed E-state index contributed by atoms with van der Waals surface area (Å²) in [5.41, 5.74) is 2.10. The normalized spacial score (nSPS) is 16.4. The molecule has 1 aliphatic carbocycles. The first-order chi connectivity index (χ1) is 8.06. The summed E-state index contributed by atoms with van der Waals surface area (Å²) in [4.78, 5) is 4.51. The van der Waals surface area contributed by atoms with Crippen molar-refractivity contribution in [1.29, 1.82) is 0 Å².